The van der Waals surface area contributed by atoms with Crippen LogP contribution in [0.1, 0.15) is 47.0 Å². The fourth-order valence-electron chi connectivity index (χ4n) is 4.70. The van der Waals surface area contributed by atoms with Gasteiger partial charge >= 0.3 is 11.9 Å². The van der Waals surface area contributed by atoms with Crippen LogP contribution in [0, 0.1) is 17.8 Å². The van der Waals surface area contributed by atoms with Gasteiger partial charge in [-0.3, -0.25) is 9.59 Å². The lowest BCUT2D eigenvalue weighted by atomic mass is 9.72. The normalized spacial score (nSPS) is 47.1. The summed E-state index contributed by atoms with van der Waals surface area (Å²) in [6, 6.07) is 0. The van der Waals surface area contributed by atoms with Crippen molar-refractivity contribution in [3.8, 4) is 0 Å². The van der Waals surface area contributed by atoms with Gasteiger partial charge in [-0.2, -0.15) is 0 Å². The second-order valence-corrected chi connectivity index (χ2v) is 7.26. The van der Waals surface area contributed by atoms with E-state index >= 15 is 0 Å². The number of hydrogen-bond donors (Lipinski definition) is 1. The van der Waals surface area contributed by atoms with Crippen molar-refractivity contribution in [3.05, 3.63) is 11.6 Å². The molecule has 0 bridgehead atoms. The molecule has 5 nitrogen and oxygen atoms in total. The molecule has 2 aliphatic carbocycles. The summed E-state index contributed by atoms with van der Waals surface area (Å²) in [4.78, 5) is 23.6. The van der Waals surface area contributed by atoms with Crippen molar-refractivity contribution < 1.29 is 24.2 Å². The highest BCUT2D eigenvalue weighted by Gasteiger charge is 2.64. The predicted molar refractivity (Wildman–Crippen MR) is 78.8 cm³/mol. The molecule has 1 saturated carbocycles. The molecular formula is C17H24O5. The largest absolute Gasteiger partial charge is 0.459 e. The number of aliphatic hydroxyl groups is 1. The SMILES string of the molecule is CC(=O)O[C@]1(C)CC[C@H]2[C@H](C)C(=O)O[C@@H]2[C@@]2(O)C(C)=CC[C@H]21. The summed E-state index contributed by atoms with van der Waals surface area (Å²) in [5.74, 6) is -1.14. The number of hydrogen-bond acceptors (Lipinski definition) is 5. The topological polar surface area (TPSA) is 72.8 Å². The van der Waals surface area contributed by atoms with Gasteiger partial charge in [0.1, 0.15) is 17.3 Å². The first-order valence-electron chi connectivity index (χ1n) is 8.00. The molecule has 22 heavy (non-hydrogen) atoms. The Hall–Kier alpha value is -1.36. The molecule has 1 N–H and O–H groups in total. The molecule has 1 saturated heterocycles. The summed E-state index contributed by atoms with van der Waals surface area (Å²) in [7, 11) is 0. The molecule has 1 heterocycles. The molecule has 0 aromatic rings. The fourth-order valence-corrected chi connectivity index (χ4v) is 4.70. The van der Waals surface area contributed by atoms with Gasteiger partial charge < -0.3 is 14.6 Å². The highest BCUT2D eigenvalue weighted by molar-refractivity contribution is 5.75. The summed E-state index contributed by atoms with van der Waals surface area (Å²) in [5.41, 5.74) is -1.17. The summed E-state index contributed by atoms with van der Waals surface area (Å²) in [5, 5.41) is 11.5. The lowest BCUT2D eigenvalue weighted by Crippen LogP contribution is -2.56. The first kappa shape index (κ1) is 15.5. The highest BCUT2D eigenvalue weighted by atomic mass is 16.6. The first-order valence-corrected chi connectivity index (χ1v) is 8.00. The van der Waals surface area contributed by atoms with Crippen LogP contribution in [0.4, 0.5) is 0 Å². The fraction of sp³-hybridized carbons (Fsp3) is 0.765. The summed E-state index contributed by atoms with van der Waals surface area (Å²) >= 11 is 0. The van der Waals surface area contributed by atoms with Crippen molar-refractivity contribution in [2.24, 2.45) is 17.8 Å². The Balaban J connectivity index is 2.06. The van der Waals surface area contributed by atoms with Gasteiger partial charge in [0.05, 0.1) is 5.92 Å². The number of ether oxygens (including phenoxy) is 2. The number of carbonyl (C=O) groups is 2. The Bertz CT molecular complexity index is 553. The molecule has 1 aliphatic heterocycles. The van der Waals surface area contributed by atoms with Crippen molar-refractivity contribution in [2.75, 3.05) is 0 Å². The van der Waals surface area contributed by atoms with Crippen molar-refractivity contribution in [3.63, 3.8) is 0 Å². The maximum absolute atomic E-state index is 12.0. The van der Waals surface area contributed by atoms with Crippen molar-refractivity contribution >= 4 is 11.9 Å². The van der Waals surface area contributed by atoms with Crippen LogP contribution in [0.2, 0.25) is 0 Å². The predicted octanol–water partition coefficient (Wildman–Crippen LogP) is 1.98. The van der Waals surface area contributed by atoms with Gasteiger partial charge in [-0.05, 0) is 38.7 Å². The molecule has 6 atom stereocenters. The van der Waals surface area contributed by atoms with Crippen molar-refractivity contribution in [1.29, 1.82) is 0 Å². The molecule has 2 fully saturated rings. The zero-order valence-corrected chi connectivity index (χ0v) is 13.6. The van der Waals surface area contributed by atoms with Crippen LogP contribution < -0.4 is 0 Å². The smallest absolute Gasteiger partial charge is 0.309 e. The van der Waals surface area contributed by atoms with Gasteiger partial charge in [0.15, 0.2) is 0 Å². The maximum atomic E-state index is 12.0. The Morgan fingerprint density at radius 2 is 2.18 bits per heavy atom. The Morgan fingerprint density at radius 1 is 1.50 bits per heavy atom. The van der Waals surface area contributed by atoms with E-state index in [-0.39, 0.29) is 29.7 Å². The molecule has 0 radical (unpaired) electrons. The lowest BCUT2D eigenvalue weighted by Gasteiger charge is -2.43. The van der Waals surface area contributed by atoms with E-state index in [1.165, 1.54) is 6.92 Å². The molecule has 0 aromatic heterocycles. The molecule has 5 heteroatoms. The Morgan fingerprint density at radius 3 is 2.82 bits per heavy atom. The minimum absolute atomic E-state index is 0.0427. The van der Waals surface area contributed by atoms with Crippen LogP contribution in [-0.4, -0.2) is 34.4 Å². The number of esters is 2. The molecular weight excluding hydrogens is 284 g/mol. The zero-order valence-electron chi connectivity index (χ0n) is 13.6. The first-order chi connectivity index (χ1) is 10.2. The van der Waals surface area contributed by atoms with E-state index in [2.05, 4.69) is 0 Å². The summed E-state index contributed by atoms with van der Waals surface area (Å²) in [6.07, 6.45) is 3.39. The minimum atomic E-state index is -1.24. The monoisotopic (exact) mass is 308 g/mol. The van der Waals surface area contributed by atoms with E-state index in [1.54, 1.807) is 0 Å². The standard InChI is InChI=1S/C17H24O5/c1-9-5-6-13-16(4,22-11(3)18)8-7-12-10(2)15(19)21-14(12)17(9,13)20/h5,10,12-14,20H,6-8H2,1-4H3/t10-,12-,13-,14-,16+,17+/m0/s1. The number of fused-ring (bicyclic) bond motifs is 3. The minimum Gasteiger partial charge on any atom is -0.459 e. The van der Waals surface area contributed by atoms with E-state index in [0.29, 0.717) is 19.3 Å². The van der Waals surface area contributed by atoms with E-state index in [4.69, 9.17) is 9.47 Å². The molecule has 0 aromatic carbocycles. The van der Waals surface area contributed by atoms with Crippen LogP contribution in [0.5, 0.6) is 0 Å². The third-order valence-electron chi connectivity index (χ3n) is 5.99. The van der Waals surface area contributed by atoms with Gasteiger partial charge in [0.25, 0.3) is 0 Å². The Labute approximate surface area is 130 Å². The van der Waals surface area contributed by atoms with Crippen LogP contribution in [0.3, 0.4) is 0 Å². The van der Waals surface area contributed by atoms with Gasteiger partial charge in [0, 0.05) is 18.8 Å². The van der Waals surface area contributed by atoms with Crippen LogP contribution in [-0.2, 0) is 19.1 Å². The van der Waals surface area contributed by atoms with E-state index in [0.717, 1.165) is 5.57 Å². The number of carbonyl (C=O) groups excluding carboxylic acids is 2. The number of rotatable bonds is 1. The molecule has 0 unspecified atom stereocenters. The zero-order chi connectivity index (χ0) is 16.3. The van der Waals surface area contributed by atoms with Gasteiger partial charge in [0.2, 0.25) is 0 Å². The van der Waals surface area contributed by atoms with E-state index < -0.39 is 17.3 Å². The maximum Gasteiger partial charge on any atom is 0.309 e. The highest BCUT2D eigenvalue weighted by Crippen LogP contribution is 2.55. The van der Waals surface area contributed by atoms with E-state index in [1.807, 2.05) is 26.8 Å². The van der Waals surface area contributed by atoms with Gasteiger partial charge in [-0.15, -0.1) is 0 Å². The van der Waals surface area contributed by atoms with E-state index in [9.17, 15) is 14.7 Å². The molecule has 122 valence electrons. The summed E-state index contributed by atoms with van der Waals surface area (Å²) in [6.45, 7) is 7.01. The quantitative estimate of drug-likeness (QED) is 0.592. The third kappa shape index (κ3) is 1.94. The average Bonchev–Trinajstić information content (AvgIpc) is 2.85. The van der Waals surface area contributed by atoms with Gasteiger partial charge in [-0.25, -0.2) is 0 Å². The van der Waals surface area contributed by atoms with Crippen molar-refractivity contribution in [1.82, 2.24) is 0 Å². The van der Waals surface area contributed by atoms with Gasteiger partial charge in [-0.1, -0.05) is 13.0 Å². The van der Waals surface area contributed by atoms with Crippen LogP contribution >= 0.6 is 0 Å². The molecule has 0 spiro atoms. The average molecular weight is 308 g/mol. The van der Waals surface area contributed by atoms with Crippen molar-refractivity contribution in [2.45, 2.75) is 64.3 Å². The molecule has 3 aliphatic rings. The third-order valence-corrected chi connectivity index (χ3v) is 5.99. The van der Waals surface area contributed by atoms with Crippen LogP contribution in [0.25, 0.3) is 0 Å². The molecule has 3 rings (SSSR count). The second kappa shape index (κ2) is 4.82. The lowest BCUT2D eigenvalue weighted by molar-refractivity contribution is -0.183. The number of allylic oxidation sites excluding steroid dienone is 1. The molecule has 0 amide bonds. The van der Waals surface area contributed by atoms with Crippen LogP contribution in [0.15, 0.2) is 11.6 Å². The Kier molecular flexibility index (Phi) is 3.40. The second-order valence-electron chi connectivity index (χ2n) is 7.26. The summed E-state index contributed by atoms with van der Waals surface area (Å²) < 4.78 is 11.2.